The molecule has 1 aromatic carbocycles. The van der Waals surface area contributed by atoms with Crippen LogP contribution in [0.15, 0.2) is 18.2 Å². The summed E-state index contributed by atoms with van der Waals surface area (Å²) in [7, 11) is 1.86. The minimum atomic E-state index is -0.562. The molecule has 3 rings (SSSR count). The Balaban J connectivity index is 2.12. The van der Waals surface area contributed by atoms with Crippen LogP contribution in [-0.2, 0) is 19.5 Å². The highest BCUT2D eigenvalue weighted by Crippen LogP contribution is 2.31. The van der Waals surface area contributed by atoms with Crippen molar-refractivity contribution in [2.24, 2.45) is 0 Å². The average Bonchev–Trinajstić information content (AvgIpc) is 2.94. The highest BCUT2D eigenvalue weighted by molar-refractivity contribution is 5.63. The SMILES string of the molecule is CNCc1nc(-c2ccc(F)cc2F)c2n1CCC2. The number of benzene rings is 1. The average molecular weight is 263 g/mol. The van der Waals surface area contributed by atoms with Gasteiger partial charge in [0.2, 0.25) is 0 Å². The Bertz CT molecular complexity index is 619. The van der Waals surface area contributed by atoms with Crippen LogP contribution in [0.2, 0.25) is 0 Å². The van der Waals surface area contributed by atoms with Crippen molar-refractivity contribution in [1.82, 2.24) is 14.9 Å². The van der Waals surface area contributed by atoms with Crippen LogP contribution in [0.1, 0.15) is 17.9 Å². The second kappa shape index (κ2) is 4.74. The number of imidazole rings is 1. The normalized spacial score (nSPS) is 13.8. The maximum atomic E-state index is 13.9. The van der Waals surface area contributed by atoms with Crippen molar-refractivity contribution in [1.29, 1.82) is 0 Å². The first-order valence-corrected chi connectivity index (χ1v) is 6.39. The number of nitrogens with zero attached hydrogens (tertiary/aromatic N) is 2. The lowest BCUT2D eigenvalue weighted by Gasteiger charge is -2.02. The minimum Gasteiger partial charge on any atom is -0.330 e. The van der Waals surface area contributed by atoms with Crippen molar-refractivity contribution in [2.75, 3.05) is 7.05 Å². The third-order valence-corrected chi connectivity index (χ3v) is 3.47. The summed E-state index contributed by atoms with van der Waals surface area (Å²) in [5.41, 5.74) is 2.09. The fourth-order valence-electron chi connectivity index (χ4n) is 2.65. The first kappa shape index (κ1) is 12.3. The van der Waals surface area contributed by atoms with Gasteiger partial charge < -0.3 is 9.88 Å². The van der Waals surface area contributed by atoms with Crippen molar-refractivity contribution >= 4 is 0 Å². The molecule has 5 heteroatoms. The van der Waals surface area contributed by atoms with Crippen molar-refractivity contribution < 1.29 is 8.78 Å². The van der Waals surface area contributed by atoms with Gasteiger partial charge in [0, 0.05) is 23.9 Å². The molecule has 0 atom stereocenters. The Hall–Kier alpha value is -1.75. The maximum Gasteiger partial charge on any atom is 0.135 e. The number of nitrogens with one attached hydrogen (secondary N) is 1. The molecule has 0 unspecified atom stereocenters. The fourth-order valence-corrected chi connectivity index (χ4v) is 2.65. The van der Waals surface area contributed by atoms with E-state index in [1.165, 1.54) is 12.1 Å². The van der Waals surface area contributed by atoms with E-state index in [-0.39, 0.29) is 0 Å². The topological polar surface area (TPSA) is 29.9 Å². The highest BCUT2D eigenvalue weighted by Gasteiger charge is 2.23. The molecule has 1 aliphatic heterocycles. The van der Waals surface area contributed by atoms with Crippen LogP contribution in [-0.4, -0.2) is 16.6 Å². The van der Waals surface area contributed by atoms with E-state index in [1.54, 1.807) is 0 Å². The fraction of sp³-hybridized carbons (Fsp3) is 0.357. The zero-order valence-electron chi connectivity index (χ0n) is 10.7. The smallest absolute Gasteiger partial charge is 0.135 e. The second-order valence-electron chi connectivity index (χ2n) is 4.73. The molecule has 0 bridgehead atoms. The lowest BCUT2D eigenvalue weighted by atomic mass is 10.1. The Morgan fingerprint density at radius 3 is 2.95 bits per heavy atom. The maximum absolute atomic E-state index is 13.9. The minimum absolute atomic E-state index is 0.384. The molecule has 1 N–H and O–H groups in total. The Morgan fingerprint density at radius 2 is 2.21 bits per heavy atom. The summed E-state index contributed by atoms with van der Waals surface area (Å²) in [5.74, 6) is -0.204. The summed E-state index contributed by atoms with van der Waals surface area (Å²) < 4.78 is 29.0. The number of hydrogen-bond donors (Lipinski definition) is 1. The molecule has 0 saturated carbocycles. The molecule has 0 saturated heterocycles. The molecule has 2 heterocycles. The van der Waals surface area contributed by atoms with Gasteiger partial charge in [-0.1, -0.05) is 0 Å². The van der Waals surface area contributed by atoms with E-state index < -0.39 is 11.6 Å². The number of aromatic nitrogens is 2. The third kappa shape index (κ3) is 2.04. The van der Waals surface area contributed by atoms with E-state index in [4.69, 9.17) is 0 Å². The lowest BCUT2D eigenvalue weighted by Crippen LogP contribution is -2.11. The third-order valence-electron chi connectivity index (χ3n) is 3.47. The summed E-state index contributed by atoms with van der Waals surface area (Å²) in [6, 6.07) is 3.65. The van der Waals surface area contributed by atoms with Crippen LogP contribution in [0.25, 0.3) is 11.3 Å². The summed E-state index contributed by atoms with van der Waals surface area (Å²) in [5, 5.41) is 3.07. The van der Waals surface area contributed by atoms with E-state index >= 15 is 0 Å². The molecule has 1 aromatic heterocycles. The van der Waals surface area contributed by atoms with Gasteiger partial charge in [-0.2, -0.15) is 0 Å². The first-order chi connectivity index (χ1) is 9.20. The van der Waals surface area contributed by atoms with Gasteiger partial charge in [0.05, 0.1) is 12.2 Å². The van der Waals surface area contributed by atoms with Gasteiger partial charge in [-0.3, -0.25) is 0 Å². The van der Waals surface area contributed by atoms with Crippen molar-refractivity contribution in [2.45, 2.75) is 25.9 Å². The molecule has 0 amide bonds. The predicted octanol–water partition coefficient (Wildman–Crippen LogP) is 2.49. The standard InChI is InChI=1S/C14H15F2N3/c1-17-8-13-18-14(12-3-2-6-19(12)13)10-5-4-9(15)7-11(10)16/h4-5,7,17H,2-3,6,8H2,1H3. The van der Waals surface area contributed by atoms with Gasteiger partial charge in [-0.05, 0) is 32.0 Å². The number of hydrogen-bond acceptors (Lipinski definition) is 2. The van der Waals surface area contributed by atoms with Crippen molar-refractivity contribution in [3.63, 3.8) is 0 Å². The molecule has 0 aliphatic carbocycles. The van der Waals surface area contributed by atoms with Crippen molar-refractivity contribution in [3.05, 3.63) is 41.4 Å². The van der Waals surface area contributed by atoms with Crippen LogP contribution in [0.3, 0.4) is 0 Å². The number of fused-ring (bicyclic) bond motifs is 1. The largest absolute Gasteiger partial charge is 0.330 e. The Morgan fingerprint density at radius 1 is 1.37 bits per heavy atom. The molecule has 0 spiro atoms. The Labute approximate surface area is 110 Å². The zero-order chi connectivity index (χ0) is 13.4. The molecule has 3 nitrogen and oxygen atoms in total. The summed E-state index contributed by atoms with van der Waals surface area (Å²) in [6.07, 6.45) is 1.94. The monoisotopic (exact) mass is 263 g/mol. The van der Waals surface area contributed by atoms with Gasteiger partial charge in [-0.25, -0.2) is 13.8 Å². The highest BCUT2D eigenvalue weighted by atomic mass is 19.1. The van der Waals surface area contributed by atoms with Gasteiger partial charge in [0.1, 0.15) is 17.5 Å². The molecule has 1 aliphatic rings. The van der Waals surface area contributed by atoms with Crippen LogP contribution < -0.4 is 5.32 Å². The second-order valence-corrected chi connectivity index (χ2v) is 4.73. The zero-order valence-corrected chi connectivity index (χ0v) is 10.7. The van der Waals surface area contributed by atoms with E-state index in [2.05, 4.69) is 14.9 Å². The van der Waals surface area contributed by atoms with E-state index in [9.17, 15) is 8.78 Å². The molecular formula is C14H15F2N3. The molecule has 0 radical (unpaired) electrons. The summed E-state index contributed by atoms with van der Waals surface area (Å²) >= 11 is 0. The van der Waals surface area contributed by atoms with Crippen LogP contribution in [0.5, 0.6) is 0 Å². The molecule has 19 heavy (non-hydrogen) atoms. The van der Waals surface area contributed by atoms with Gasteiger partial charge in [-0.15, -0.1) is 0 Å². The van der Waals surface area contributed by atoms with Crippen molar-refractivity contribution in [3.8, 4) is 11.3 Å². The molecule has 0 fully saturated rings. The number of rotatable bonds is 3. The van der Waals surface area contributed by atoms with Crippen LogP contribution >= 0.6 is 0 Å². The molecule has 100 valence electrons. The van der Waals surface area contributed by atoms with Gasteiger partial charge in [0.15, 0.2) is 0 Å². The molecular weight excluding hydrogens is 248 g/mol. The van der Waals surface area contributed by atoms with E-state index in [1.807, 2.05) is 7.05 Å². The van der Waals surface area contributed by atoms with Crippen LogP contribution in [0, 0.1) is 11.6 Å². The van der Waals surface area contributed by atoms with Gasteiger partial charge in [0.25, 0.3) is 0 Å². The molecule has 2 aromatic rings. The summed E-state index contributed by atoms with van der Waals surface area (Å²) in [6.45, 7) is 1.57. The predicted molar refractivity (Wildman–Crippen MR) is 68.7 cm³/mol. The Kier molecular flexibility index (Phi) is 3.06. The quantitative estimate of drug-likeness (QED) is 0.922. The van der Waals surface area contributed by atoms with E-state index in [0.29, 0.717) is 17.8 Å². The summed E-state index contributed by atoms with van der Waals surface area (Å²) in [4.78, 5) is 4.52. The first-order valence-electron chi connectivity index (χ1n) is 6.39. The lowest BCUT2D eigenvalue weighted by molar-refractivity contribution is 0.585. The van der Waals surface area contributed by atoms with E-state index in [0.717, 1.165) is 37.0 Å². The van der Waals surface area contributed by atoms with Crippen LogP contribution in [0.4, 0.5) is 8.78 Å². The van der Waals surface area contributed by atoms with Gasteiger partial charge >= 0.3 is 0 Å². The number of halogens is 2.